The Bertz CT molecular complexity index is 267. The second kappa shape index (κ2) is 3.68. The molecule has 0 aromatic carbocycles. The van der Waals surface area contributed by atoms with Crippen molar-refractivity contribution in [2.24, 2.45) is 0 Å². The third-order valence-electron chi connectivity index (χ3n) is 2.10. The first-order valence-corrected chi connectivity index (χ1v) is 4.40. The van der Waals surface area contributed by atoms with E-state index in [2.05, 4.69) is 21.3 Å². The summed E-state index contributed by atoms with van der Waals surface area (Å²) in [5.74, 6) is 0.252. The van der Waals surface area contributed by atoms with Gasteiger partial charge in [0.1, 0.15) is 0 Å². The van der Waals surface area contributed by atoms with E-state index < -0.39 is 0 Å². The highest BCUT2D eigenvalue weighted by molar-refractivity contribution is 5.29. The van der Waals surface area contributed by atoms with Crippen molar-refractivity contribution in [3.05, 3.63) is 24.6 Å². The number of rotatable bonds is 1. The molecule has 0 amide bonds. The van der Waals surface area contributed by atoms with Crippen molar-refractivity contribution in [2.75, 3.05) is 18.0 Å². The highest BCUT2D eigenvalue weighted by Gasteiger charge is 2.12. The lowest BCUT2D eigenvalue weighted by molar-refractivity contribution is 0.605. The first kappa shape index (κ1) is 8.41. The fraction of sp³-hybridized carbons (Fsp3) is 0.444. The zero-order valence-electron chi connectivity index (χ0n) is 7.28. The summed E-state index contributed by atoms with van der Waals surface area (Å²) in [4.78, 5) is 9.92. The Morgan fingerprint density at radius 2 is 1.77 bits per heavy atom. The van der Waals surface area contributed by atoms with Crippen molar-refractivity contribution >= 4 is 5.95 Å². The van der Waals surface area contributed by atoms with Crippen molar-refractivity contribution < 1.29 is 4.39 Å². The van der Waals surface area contributed by atoms with Crippen LogP contribution in [0.15, 0.2) is 12.4 Å². The molecule has 1 aliphatic heterocycles. The maximum absolute atomic E-state index is 12.5. The van der Waals surface area contributed by atoms with Gasteiger partial charge in [-0.1, -0.05) is 0 Å². The summed E-state index contributed by atoms with van der Waals surface area (Å²) in [6.45, 7) is 1.87. The second-order valence-corrected chi connectivity index (χ2v) is 3.05. The van der Waals surface area contributed by atoms with Gasteiger partial charge in [0.15, 0.2) is 5.82 Å². The number of nitrogens with zero attached hydrogens (tertiary/aromatic N) is 3. The van der Waals surface area contributed by atoms with Crippen LogP contribution in [0.3, 0.4) is 0 Å². The molecule has 2 rings (SSSR count). The Balaban J connectivity index is 2.10. The molecule has 1 radical (unpaired) electrons. The predicted molar refractivity (Wildman–Crippen MR) is 47.7 cm³/mol. The van der Waals surface area contributed by atoms with Crippen LogP contribution in [0, 0.1) is 12.2 Å². The summed E-state index contributed by atoms with van der Waals surface area (Å²) in [7, 11) is 0. The molecule has 1 saturated heterocycles. The quantitative estimate of drug-likeness (QED) is 0.654. The summed E-state index contributed by atoms with van der Waals surface area (Å²) in [5.41, 5.74) is 0. The van der Waals surface area contributed by atoms with Crippen LogP contribution in [0.4, 0.5) is 10.3 Å². The molecule has 0 spiro atoms. The van der Waals surface area contributed by atoms with Gasteiger partial charge in [-0.15, -0.1) is 0 Å². The standard InChI is InChI=1S/C9H11FN3/c10-8-6-11-9(12-7-8)13-4-2-1-3-5-13/h1,6-7H,2-5H2. The molecule has 0 atom stereocenters. The third kappa shape index (κ3) is 1.94. The smallest absolute Gasteiger partial charge is 0.225 e. The maximum Gasteiger partial charge on any atom is 0.225 e. The molecule has 1 fully saturated rings. The summed E-state index contributed by atoms with van der Waals surface area (Å²) < 4.78 is 12.5. The van der Waals surface area contributed by atoms with Crippen molar-refractivity contribution in [1.29, 1.82) is 0 Å². The molecule has 3 nitrogen and oxygen atoms in total. The highest BCUT2D eigenvalue weighted by Crippen LogP contribution is 2.13. The van der Waals surface area contributed by atoms with Gasteiger partial charge in [0, 0.05) is 13.1 Å². The van der Waals surface area contributed by atoms with Crippen molar-refractivity contribution in [1.82, 2.24) is 9.97 Å². The van der Waals surface area contributed by atoms with Gasteiger partial charge in [-0.25, -0.2) is 14.4 Å². The lowest BCUT2D eigenvalue weighted by Gasteiger charge is -2.26. The number of anilines is 1. The molecule has 1 aromatic rings. The number of halogens is 1. The number of aromatic nitrogens is 2. The Morgan fingerprint density at radius 1 is 1.15 bits per heavy atom. The van der Waals surface area contributed by atoms with Crippen molar-refractivity contribution in [2.45, 2.75) is 12.8 Å². The zero-order valence-corrected chi connectivity index (χ0v) is 7.28. The van der Waals surface area contributed by atoms with Gasteiger partial charge < -0.3 is 4.90 Å². The third-order valence-corrected chi connectivity index (χ3v) is 2.10. The molecule has 0 aliphatic carbocycles. The van der Waals surface area contributed by atoms with Crippen LogP contribution in [0.1, 0.15) is 12.8 Å². The number of hydrogen-bond donors (Lipinski definition) is 0. The van der Waals surface area contributed by atoms with E-state index >= 15 is 0 Å². The number of piperidine rings is 1. The molecule has 69 valence electrons. The average molecular weight is 180 g/mol. The van der Waals surface area contributed by atoms with E-state index in [0.717, 1.165) is 25.9 Å². The summed E-state index contributed by atoms with van der Waals surface area (Å²) in [6, 6.07) is 0. The minimum atomic E-state index is -0.382. The first-order chi connectivity index (χ1) is 6.36. The molecule has 1 aromatic heterocycles. The Hall–Kier alpha value is -1.19. The Kier molecular flexibility index (Phi) is 2.38. The van der Waals surface area contributed by atoms with E-state index in [1.807, 2.05) is 0 Å². The summed E-state index contributed by atoms with van der Waals surface area (Å²) >= 11 is 0. The molecule has 0 N–H and O–H groups in total. The van der Waals surface area contributed by atoms with E-state index in [0.29, 0.717) is 5.95 Å². The maximum atomic E-state index is 12.5. The van der Waals surface area contributed by atoms with Gasteiger partial charge in [0.2, 0.25) is 5.95 Å². The molecular weight excluding hydrogens is 169 g/mol. The number of hydrogen-bond acceptors (Lipinski definition) is 3. The van der Waals surface area contributed by atoms with Crippen LogP contribution in [-0.2, 0) is 0 Å². The predicted octanol–water partition coefficient (Wildman–Crippen LogP) is 1.42. The lowest BCUT2D eigenvalue weighted by atomic mass is 10.1. The van der Waals surface area contributed by atoms with Crippen LogP contribution in [0.2, 0.25) is 0 Å². The van der Waals surface area contributed by atoms with Gasteiger partial charge >= 0.3 is 0 Å². The minimum Gasteiger partial charge on any atom is -0.341 e. The summed E-state index contributed by atoms with van der Waals surface area (Å²) in [6.07, 6.45) is 6.78. The summed E-state index contributed by atoms with van der Waals surface area (Å²) in [5, 5.41) is 0. The van der Waals surface area contributed by atoms with E-state index in [-0.39, 0.29) is 5.82 Å². The van der Waals surface area contributed by atoms with E-state index in [1.165, 1.54) is 12.4 Å². The van der Waals surface area contributed by atoms with Gasteiger partial charge in [0.05, 0.1) is 12.4 Å². The lowest BCUT2D eigenvalue weighted by Crippen LogP contribution is -2.31. The monoisotopic (exact) mass is 180 g/mol. The van der Waals surface area contributed by atoms with Crippen molar-refractivity contribution in [3.63, 3.8) is 0 Å². The average Bonchev–Trinajstić information content (AvgIpc) is 2.20. The van der Waals surface area contributed by atoms with E-state index in [4.69, 9.17) is 0 Å². The van der Waals surface area contributed by atoms with Gasteiger partial charge in [-0.2, -0.15) is 0 Å². The molecule has 0 unspecified atom stereocenters. The topological polar surface area (TPSA) is 29.0 Å². The Morgan fingerprint density at radius 3 is 2.38 bits per heavy atom. The highest BCUT2D eigenvalue weighted by atomic mass is 19.1. The minimum absolute atomic E-state index is 0.382. The van der Waals surface area contributed by atoms with Gasteiger partial charge in [-0.3, -0.25) is 0 Å². The normalized spacial score (nSPS) is 17.5. The molecule has 1 aliphatic rings. The van der Waals surface area contributed by atoms with Crippen LogP contribution in [0.5, 0.6) is 0 Å². The van der Waals surface area contributed by atoms with Crippen LogP contribution in [0.25, 0.3) is 0 Å². The first-order valence-electron chi connectivity index (χ1n) is 4.40. The van der Waals surface area contributed by atoms with Crippen molar-refractivity contribution in [3.8, 4) is 0 Å². The fourth-order valence-corrected chi connectivity index (χ4v) is 1.42. The molecule has 0 saturated carbocycles. The Labute approximate surface area is 76.6 Å². The molecule has 4 heteroatoms. The molecular formula is C9H11FN3. The fourth-order valence-electron chi connectivity index (χ4n) is 1.42. The molecule has 2 heterocycles. The van der Waals surface area contributed by atoms with Gasteiger partial charge in [-0.05, 0) is 19.3 Å². The van der Waals surface area contributed by atoms with Crippen LogP contribution < -0.4 is 4.90 Å². The van der Waals surface area contributed by atoms with Gasteiger partial charge in [0.25, 0.3) is 0 Å². The largest absolute Gasteiger partial charge is 0.341 e. The zero-order chi connectivity index (χ0) is 9.10. The van der Waals surface area contributed by atoms with Crippen LogP contribution in [-0.4, -0.2) is 23.1 Å². The SMILES string of the molecule is Fc1cnc(N2CC[CH]CC2)nc1. The van der Waals surface area contributed by atoms with E-state index in [1.54, 1.807) is 0 Å². The molecule has 0 bridgehead atoms. The molecule has 13 heavy (non-hydrogen) atoms. The van der Waals surface area contributed by atoms with E-state index in [9.17, 15) is 4.39 Å². The van der Waals surface area contributed by atoms with Crippen LogP contribution >= 0.6 is 0 Å². The second-order valence-electron chi connectivity index (χ2n) is 3.05.